The van der Waals surface area contributed by atoms with Gasteiger partial charge in [0.25, 0.3) is 0 Å². The smallest absolute Gasteiger partial charge is 0.0640 e. The number of aromatic nitrogens is 1. The standard InChI is InChI=1S/C54H34N2S2/c1-2-15-39(16-3-1)55-47-22-7-4-17-41(47)42-32-29-38(34-50(42)55)37-14-10-13-36(33-37)35-27-30-40(31-28-35)56(48-23-11-20-45-43-18-5-8-25-51(43)57-53(45)48)49-24-12-21-46-44-19-6-9-26-52(44)58-54(46)49/h1-34H. The fourth-order valence-electron chi connectivity index (χ4n) is 8.91. The molecule has 0 amide bonds. The van der Waals surface area contributed by atoms with Gasteiger partial charge in [0.05, 0.1) is 31.8 Å². The molecule has 272 valence electrons. The number of rotatable bonds is 6. The van der Waals surface area contributed by atoms with Crippen LogP contribution >= 0.6 is 22.7 Å². The first-order valence-electron chi connectivity index (χ1n) is 19.7. The molecule has 0 aliphatic rings. The lowest BCUT2D eigenvalue weighted by Crippen LogP contribution is -2.10. The van der Waals surface area contributed by atoms with Crippen molar-refractivity contribution in [3.05, 3.63) is 206 Å². The van der Waals surface area contributed by atoms with Gasteiger partial charge in [-0.25, -0.2) is 0 Å². The molecule has 0 fully saturated rings. The van der Waals surface area contributed by atoms with E-state index in [0.717, 1.165) is 5.69 Å². The van der Waals surface area contributed by atoms with E-state index >= 15 is 0 Å². The third-order valence-electron chi connectivity index (χ3n) is 11.6. The maximum absolute atomic E-state index is 2.48. The highest BCUT2D eigenvalue weighted by molar-refractivity contribution is 7.27. The first kappa shape index (κ1) is 33.2. The average molecular weight is 775 g/mol. The van der Waals surface area contributed by atoms with Crippen LogP contribution in [0.15, 0.2) is 206 Å². The Balaban J connectivity index is 0.981. The summed E-state index contributed by atoms with van der Waals surface area (Å²) < 4.78 is 7.59. The van der Waals surface area contributed by atoms with Crippen molar-refractivity contribution in [1.29, 1.82) is 0 Å². The molecule has 12 rings (SSSR count). The molecule has 0 atom stereocenters. The molecule has 0 radical (unpaired) electrons. The number of hydrogen-bond donors (Lipinski definition) is 0. The van der Waals surface area contributed by atoms with Crippen LogP contribution in [0.25, 0.3) is 90.1 Å². The highest BCUT2D eigenvalue weighted by Gasteiger charge is 2.22. The second kappa shape index (κ2) is 13.3. The molecule has 0 unspecified atom stereocenters. The van der Waals surface area contributed by atoms with Crippen molar-refractivity contribution in [3.8, 4) is 27.9 Å². The molecule has 2 nitrogen and oxygen atoms in total. The Bertz CT molecular complexity index is 3400. The van der Waals surface area contributed by atoms with Gasteiger partial charge in [-0.05, 0) is 89.0 Å². The first-order valence-corrected chi connectivity index (χ1v) is 21.3. The van der Waals surface area contributed by atoms with Crippen molar-refractivity contribution in [2.24, 2.45) is 0 Å². The summed E-state index contributed by atoms with van der Waals surface area (Å²) in [5.74, 6) is 0. The predicted molar refractivity (Wildman–Crippen MR) is 252 cm³/mol. The number of anilines is 3. The van der Waals surface area contributed by atoms with E-state index in [1.807, 2.05) is 22.7 Å². The highest BCUT2D eigenvalue weighted by atomic mass is 32.1. The molecule has 3 aromatic heterocycles. The Kier molecular flexibility index (Phi) is 7.62. The van der Waals surface area contributed by atoms with Crippen LogP contribution in [0.5, 0.6) is 0 Å². The van der Waals surface area contributed by atoms with Crippen LogP contribution in [0.2, 0.25) is 0 Å². The van der Waals surface area contributed by atoms with Crippen LogP contribution in [0.4, 0.5) is 17.1 Å². The highest BCUT2D eigenvalue weighted by Crippen LogP contribution is 2.49. The van der Waals surface area contributed by atoms with E-state index < -0.39 is 0 Å². The van der Waals surface area contributed by atoms with Crippen molar-refractivity contribution in [2.45, 2.75) is 0 Å². The minimum Gasteiger partial charge on any atom is -0.309 e. The maximum Gasteiger partial charge on any atom is 0.0640 e. The quantitative estimate of drug-likeness (QED) is 0.163. The monoisotopic (exact) mass is 774 g/mol. The van der Waals surface area contributed by atoms with Gasteiger partial charge in [-0.2, -0.15) is 0 Å². The molecule has 0 saturated carbocycles. The van der Waals surface area contributed by atoms with E-state index in [-0.39, 0.29) is 0 Å². The lowest BCUT2D eigenvalue weighted by molar-refractivity contribution is 1.18. The zero-order chi connectivity index (χ0) is 38.2. The molecule has 9 aromatic carbocycles. The lowest BCUT2D eigenvalue weighted by atomic mass is 9.98. The molecule has 0 saturated heterocycles. The van der Waals surface area contributed by atoms with Crippen LogP contribution in [0.1, 0.15) is 0 Å². The summed E-state index contributed by atoms with van der Waals surface area (Å²) in [6.45, 7) is 0. The number of nitrogens with zero attached hydrogens (tertiary/aromatic N) is 2. The van der Waals surface area contributed by atoms with Crippen molar-refractivity contribution < 1.29 is 0 Å². The van der Waals surface area contributed by atoms with Gasteiger partial charge in [-0.15, -0.1) is 22.7 Å². The van der Waals surface area contributed by atoms with Gasteiger partial charge in [0.1, 0.15) is 0 Å². The molecule has 12 aromatic rings. The van der Waals surface area contributed by atoms with Crippen LogP contribution in [0.3, 0.4) is 0 Å². The van der Waals surface area contributed by atoms with E-state index in [1.54, 1.807) is 0 Å². The van der Waals surface area contributed by atoms with Gasteiger partial charge in [0, 0.05) is 53.1 Å². The number of thiophene rings is 2. The van der Waals surface area contributed by atoms with E-state index in [2.05, 4.69) is 216 Å². The third kappa shape index (κ3) is 5.23. The van der Waals surface area contributed by atoms with Crippen LogP contribution < -0.4 is 4.90 Å². The zero-order valence-corrected chi connectivity index (χ0v) is 33.0. The second-order valence-corrected chi connectivity index (χ2v) is 17.0. The van der Waals surface area contributed by atoms with E-state index in [1.165, 1.54) is 101 Å². The summed E-state index contributed by atoms with van der Waals surface area (Å²) in [5, 5.41) is 7.73. The predicted octanol–water partition coefficient (Wildman–Crippen LogP) is 16.3. The molecule has 0 bridgehead atoms. The Morgan fingerprint density at radius 3 is 1.50 bits per heavy atom. The third-order valence-corrected chi connectivity index (χ3v) is 14.0. The van der Waals surface area contributed by atoms with Gasteiger partial charge < -0.3 is 9.47 Å². The van der Waals surface area contributed by atoms with Gasteiger partial charge in [0.2, 0.25) is 0 Å². The zero-order valence-electron chi connectivity index (χ0n) is 31.3. The summed E-state index contributed by atoms with van der Waals surface area (Å²) in [4.78, 5) is 2.48. The molecular formula is C54H34N2S2. The average Bonchev–Trinajstić information content (AvgIpc) is 3.97. The van der Waals surface area contributed by atoms with E-state index in [0.29, 0.717) is 0 Å². The topological polar surface area (TPSA) is 8.17 Å². The fraction of sp³-hybridized carbons (Fsp3) is 0. The van der Waals surface area contributed by atoms with Gasteiger partial charge in [-0.3, -0.25) is 0 Å². The fourth-order valence-corrected chi connectivity index (χ4v) is 11.3. The minimum absolute atomic E-state index is 1.13. The molecule has 0 aliphatic heterocycles. The first-order chi connectivity index (χ1) is 28.8. The molecule has 0 N–H and O–H groups in total. The number of para-hydroxylation sites is 2. The molecule has 3 heterocycles. The molecular weight excluding hydrogens is 741 g/mol. The summed E-state index contributed by atoms with van der Waals surface area (Å²) in [6.07, 6.45) is 0. The van der Waals surface area contributed by atoms with Gasteiger partial charge in [-0.1, -0.05) is 140 Å². The Morgan fingerprint density at radius 2 is 0.828 bits per heavy atom. The normalized spacial score (nSPS) is 11.8. The summed E-state index contributed by atoms with van der Waals surface area (Å²) >= 11 is 3.75. The number of hydrogen-bond acceptors (Lipinski definition) is 3. The van der Waals surface area contributed by atoms with Gasteiger partial charge >= 0.3 is 0 Å². The summed E-state index contributed by atoms with van der Waals surface area (Å²) in [6, 6.07) is 75.6. The van der Waals surface area contributed by atoms with Crippen molar-refractivity contribution in [3.63, 3.8) is 0 Å². The van der Waals surface area contributed by atoms with E-state index in [4.69, 9.17) is 0 Å². The van der Waals surface area contributed by atoms with E-state index in [9.17, 15) is 0 Å². The molecule has 4 heteroatoms. The van der Waals surface area contributed by atoms with Crippen LogP contribution in [0, 0.1) is 0 Å². The van der Waals surface area contributed by atoms with Crippen LogP contribution in [-0.2, 0) is 0 Å². The molecule has 0 aliphatic carbocycles. The molecule has 0 spiro atoms. The Labute approximate surface area is 343 Å². The summed E-state index contributed by atoms with van der Waals surface area (Å²) in [5.41, 5.74) is 11.9. The van der Waals surface area contributed by atoms with Crippen molar-refractivity contribution in [1.82, 2.24) is 4.57 Å². The SMILES string of the molecule is c1ccc(-n2c3ccccc3c3ccc(-c4cccc(-c5ccc(N(c6cccc7c6sc6ccccc67)c6cccc7c6sc6ccccc67)cc5)c4)cc32)cc1. The van der Waals surface area contributed by atoms with Gasteiger partial charge in [0.15, 0.2) is 0 Å². The Morgan fingerprint density at radius 1 is 0.328 bits per heavy atom. The van der Waals surface area contributed by atoms with Crippen molar-refractivity contribution >= 4 is 102 Å². The number of benzene rings is 9. The maximum atomic E-state index is 2.48. The Hall–Kier alpha value is -6.98. The largest absolute Gasteiger partial charge is 0.309 e. The summed E-state index contributed by atoms with van der Waals surface area (Å²) in [7, 11) is 0. The van der Waals surface area contributed by atoms with Crippen LogP contribution in [-0.4, -0.2) is 4.57 Å². The lowest BCUT2D eigenvalue weighted by Gasteiger charge is -2.27. The number of fused-ring (bicyclic) bond motifs is 9. The second-order valence-electron chi connectivity index (χ2n) is 14.9. The molecule has 58 heavy (non-hydrogen) atoms. The minimum atomic E-state index is 1.13. The van der Waals surface area contributed by atoms with Crippen molar-refractivity contribution in [2.75, 3.05) is 4.90 Å².